The summed E-state index contributed by atoms with van der Waals surface area (Å²) in [6.45, 7) is 4.53. The highest BCUT2D eigenvalue weighted by atomic mass is 16.5. The summed E-state index contributed by atoms with van der Waals surface area (Å²) in [4.78, 5) is 33.0. The molecule has 2 amide bonds. The number of aromatic amines is 1. The average Bonchev–Trinajstić information content (AvgIpc) is 3.19. The van der Waals surface area contributed by atoms with Gasteiger partial charge < -0.3 is 19.9 Å². The Morgan fingerprint density at radius 2 is 1.81 bits per heavy atom. The second kappa shape index (κ2) is 9.14. The van der Waals surface area contributed by atoms with Crippen LogP contribution in [0.5, 0.6) is 0 Å². The fourth-order valence-corrected chi connectivity index (χ4v) is 4.65. The topological polar surface area (TPSA) is 77.7 Å². The van der Waals surface area contributed by atoms with Gasteiger partial charge in [0.1, 0.15) is 0 Å². The zero-order chi connectivity index (χ0) is 21.9. The molecule has 2 N–H and O–H groups in total. The van der Waals surface area contributed by atoms with Crippen LogP contribution < -0.4 is 5.32 Å². The number of rotatable bonds is 5. The first-order valence-electron chi connectivity index (χ1n) is 11.2. The molecule has 5 rings (SSSR count). The van der Waals surface area contributed by atoms with Crippen LogP contribution in [0.3, 0.4) is 0 Å². The summed E-state index contributed by atoms with van der Waals surface area (Å²) in [6.07, 6.45) is 1.19. The Kier molecular flexibility index (Phi) is 5.92. The Hall–Kier alpha value is -3.16. The number of benzene rings is 2. The van der Waals surface area contributed by atoms with Crippen molar-refractivity contribution in [1.82, 2.24) is 14.8 Å². The highest BCUT2D eigenvalue weighted by molar-refractivity contribution is 6.04. The lowest BCUT2D eigenvalue weighted by Gasteiger charge is -2.27. The first-order valence-corrected chi connectivity index (χ1v) is 11.2. The number of carbonyl (C=O) groups is 2. The molecular weight excluding hydrogens is 404 g/mol. The number of aromatic nitrogens is 1. The standard InChI is InChI=1S/C25H28N4O3/c30-23(17-28-11-13-32-14-12-28)27-21-8-4-7-20-25(21)19-9-10-29(16-22(19)26-20)24(31)15-18-5-2-1-3-6-18/h1-8,26H,9-17H2,(H,27,30). The van der Waals surface area contributed by atoms with Gasteiger partial charge in [0.25, 0.3) is 0 Å². The summed E-state index contributed by atoms with van der Waals surface area (Å²) >= 11 is 0. The second-order valence-corrected chi connectivity index (χ2v) is 8.47. The zero-order valence-corrected chi connectivity index (χ0v) is 18.1. The zero-order valence-electron chi connectivity index (χ0n) is 18.1. The van der Waals surface area contributed by atoms with Gasteiger partial charge in [0.05, 0.1) is 38.4 Å². The molecule has 2 aliphatic heterocycles. The summed E-state index contributed by atoms with van der Waals surface area (Å²) < 4.78 is 5.36. The molecule has 0 atom stereocenters. The van der Waals surface area contributed by atoms with Crippen molar-refractivity contribution in [3.05, 3.63) is 65.4 Å². The number of anilines is 1. The first-order chi connectivity index (χ1) is 15.7. The molecular formula is C25H28N4O3. The van der Waals surface area contributed by atoms with Crippen LogP contribution in [0.25, 0.3) is 10.9 Å². The van der Waals surface area contributed by atoms with E-state index in [-0.39, 0.29) is 11.8 Å². The van der Waals surface area contributed by atoms with Crippen molar-refractivity contribution >= 4 is 28.4 Å². The van der Waals surface area contributed by atoms with Gasteiger partial charge in [-0.3, -0.25) is 14.5 Å². The highest BCUT2D eigenvalue weighted by Gasteiger charge is 2.25. The predicted octanol–water partition coefficient (Wildman–Crippen LogP) is 2.57. The SMILES string of the molecule is O=C(CN1CCOCC1)Nc1cccc2[nH]c3c(c12)CCN(C(=O)Cc1ccccc1)C3. The molecule has 0 radical (unpaired) electrons. The molecule has 7 heteroatoms. The van der Waals surface area contributed by atoms with Crippen molar-refractivity contribution in [2.45, 2.75) is 19.4 Å². The van der Waals surface area contributed by atoms with E-state index in [0.29, 0.717) is 39.3 Å². The van der Waals surface area contributed by atoms with Gasteiger partial charge in [0.15, 0.2) is 0 Å². The number of ether oxygens (including phenoxy) is 1. The summed E-state index contributed by atoms with van der Waals surface area (Å²) in [5.41, 5.74) is 5.12. The maximum Gasteiger partial charge on any atom is 0.238 e. The van der Waals surface area contributed by atoms with Crippen LogP contribution in [-0.4, -0.2) is 66.0 Å². The molecule has 0 unspecified atom stereocenters. The van der Waals surface area contributed by atoms with Gasteiger partial charge in [0, 0.05) is 36.2 Å². The van der Waals surface area contributed by atoms with Crippen molar-refractivity contribution < 1.29 is 14.3 Å². The van der Waals surface area contributed by atoms with E-state index < -0.39 is 0 Å². The van der Waals surface area contributed by atoms with E-state index in [1.165, 1.54) is 5.56 Å². The number of amides is 2. The summed E-state index contributed by atoms with van der Waals surface area (Å²) in [7, 11) is 0. The van der Waals surface area contributed by atoms with Crippen molar-refractivity contribution in [1.29, 1.82) is 0 Å². The van der Waals surface area contributed by atoms with Gasteiger partial charge in [0.2, 0.25) is 11.8 Å². The molecule has 32 heavy (non-hydrogen) atoms. The molecule has 2 aliphatic rings. The third-order valence-corrected chi connectivity index (χ3v) is 6.29. The van der Waals surface area contributed by atoms with Gasteiger partial charge in [-0.2, -0.15) is 0 Å². The Balaban J connectivity index is 1.31. The number of H-pyrrole nitrogens is 1. The molecule has 1 saturated heterocycles. The highest BCUT2D eigenvalue weighted by Crippen LogP contribution is 2.33. The first kappa shape index (κ1) is 20.7. The Morgan fingerprint density at radius 1 is 1.00 bits per heavy atom. The normalized spacial score (nSPS) is 16.7. The molecule has 166 valence electrons. The van der Waals surface area contributed by atoms with E-state index in [9.17, 15) is 9.59 Å². The molecule has 0 bridgehead atoms. The third kappa shape index (κ3) is 4.40. The number of carbonyl (C=O) groups excluding carboxylic acids is 2. The van der Waals surface area contributed by atoms with E-state index in [0.717, 1.165) is 47.4 Å². The minimum atomic E-state index is -0.00942. The average molecular weight is 433 g/mol. The fourth-order valence-electron chi connectivity index (χ4n) is 4.65. The lowest BCUT2D eigenvalue weighted by atomic mass is 10.0. The van der Waals surface area contributed by atoms with Crippen LogP contribution in [0.2, 0.25) is 0 Å². The van der Waals surface area contributed by atoms with Gasteiger partial charge in [-0.15, -0.1) is 0 Å². The number of hydrogen-bond acceptors (Lipinski definition) is 4. The lowest BCUT2D eigenvalue weighted by molar-refractivity contribution is -0.131. The summed E-state index contributed by atoms with van der Waals surface area (Å²) in [5.74, 6) is 0.129. The predicted molar refractivity (Wildman–Crippen MR) is 123 cm³/mol. The van der Waals surface area contributed by atoms with E-state index in [4.69, 9.17) is 4.74 Å². The molecule has 0 spiro atoms. The Labute approximate surface area is 187 Å². The van der Waals surface area contributed by atoms with Crippen LogP contribution in [-0.2, 0) is 33.7 Å². The third-order valence-electron chi connectivity index (χ3n) is 6.29. The lowest BCUT2D eigenvalue weighted by Crippen LogP contribution is -2.41. The molecule has 1 fully saturated rings. The summed E-state index contributed by atoms with van der Waals surface area (Å²) in [5, 5.41) is 4.18. The Bertz CT molecular complexity index is 1120. The van der Waals surface area contributed by atoms with Crippen molar-refractivity contribution in [3.8, 4) is 0 Å². The smallest absolute Gasteiger partial charge is 0.238 e. The van der Waals surface area contributed by atoms with Crippen LogP contribution in [0, 0.1) is 0 Å². The van der Waals surface area contributed by atoms with Crippen molar-refractivity contribution in [2.24, 2.45) is 0 Å². The number of nitrogens with zero attached hydrogens (tertiary/aromatic N) is 2. The molecule has 3 heterocycles. The number of morpholine rings is 1. The van der Waals surface area contributed by atoms with E-state index in [1.54, 1.807) is 0 Å². The maximum atomic E-state index is 12.8. The largest absolute Gasteiger partial charge is 0.379 e. The number of nitrogens with one attached hydrogen (secondary N) is 2. The van der Waals surface area contributed by atoms with Gasteiger partial charge >= 0.3 is 0 Å². The second-order valence-electron chi connectivity index (χ2n) is 8.47. The Morgan fingerprint density at radius 3 is 2.62 bits per heavy atom. The molecule has 2 aromatic carbocycles. The van der Waals surface area contributed by atoms with Crippen molar-refractivity contribution in [3.63, 3.8) is 0 Å². The minimum absolute atomic E-state index is 0.00942. The molecule has 1 aromatic heterocycles. The minimum Gasteiger partial charge on any atom is -0.379 e. The molecule has 0 aliphatic carbocycles. The van der Waals surface area contributed by atoms with Gasteiger partial charge in [-0.25, -0.2) is 0 Å². The molecule has 7 nitrogen and oxygen atoms in total. The monoisotopic (exact) mass is 432 g/mol. The molecule has 0 saturated carbocycles. The van der Waals surface area contributed by atoms with Crippen LogP contribution in [0.1, 0.15) is 16.8 Å². The van der Waals surface area contributed by atoms with Gasteiger partial charge in [-0.1, -0.05) is 36.4 Å². The van der Waals surface area contributed by atoms with E-state index in [2.05, 4.69) is 15.2 Å². The van der Waals surface area contributed by atoms with Crippen LogP contribution in [0.4, 0.5) is 5.69 Å². The van der Waals surface area contributed by atoms with E-state index in [1.807, 2.05) is 53.4 Å². The van der Waals surface area contributed by atoms with Crippen LogP contribution >= 0.6 is 0 Å². The van der Waals surface area contributed by atoms with Crippen LogP contribution in [0.15, 0.2) is 48.5 Å². The number of fused-ring (bicyclic) bond motifs is 3. The quantitative estimate of drug-likeness (QED) is 0.650. The summed E-state index contributed by atoms with van der Waals surface area (Å²) in [6, 6.07) is 15.8. The fraction of sp³-hybridized carbons (Fsp3) is 0.360. The van der Waals surface area contributed by atoms with Gasteiger partial charge in [-0.05, 0) is 29.7 Å². The van der Waals surface area contributed by atoms with Crippen molar-refractivity contribution in [2.75, 3.05) is 44.7 Å². The van der Waals surface area contributed by atoms with E-state index >= 15 is 0 Å². The maximum absolute atomic E-state index is 12.8. The number of hydrogen-bond donors (Lipinski definition) is 2. The molecule has 3 aromatic rings.